The molecule has 2 fully saturated rings. The van der Waals surface area contributed by atoms with Gasteiger partial charge in [-0.1, -0.05) is 6.07 Å². The number of carbonyl (C=O) groups is 1. The Bertz CT molecular complexity index is 731. The van der Waals surface area contributed by atoms with E-state index in [9.17, 15) is 4.79 Å². The maximum atomic E-state index is 12.6. The monoisotopic (exact) mass is 399 g/mol. The first-order valence-electron chi connectivity index (χ1n) is 10.3. The number of thiazole rings is 1. The van der Waals surface area contributed by atoms with Gasteiger partial charge in [0.05, 0.1) is 24.7 Å². The number of nitrogens with zero attached hydrogens (tertiary/aromatic N) is 4. The topological polar surface area (TPSA) is 61.4 Å². The Labute approximate surface area is 171 Å². The first-order chi connectivity index (χ1) is 13.8. The SMILES string of the molecule is O=C(NCc1ccccn1)C1CCCN(C2CCN(Cc3nccs3)CC2)C1. The molecule has 4 heterocycles. The molecule has 0 bridgehead atoms. The summed E-state index contributed by atoms with van der Waals surface area (Å²) < 4.78 is 0. The molecule has 1 atom stereocenters. The number of carbonyl (C=O) groups excluding carboxylic acids is 1. The highest BCUT2D eigenvalue weighted by Crippen LogP contribution is 2.25. The van der Waals surface area contributed by atoms with Crippen LogP contribution in [0.2, 0.25) is 0 Å². The maximum Gasteiger partial charge on any atom is 0.224 e. The summed E-state index contributed by atoms with van der Waals surface area (Å²) in [6, 6.07) is 6.41. The Hall–Kier alpha value is -1.83. The molecule has 2 aliphatic rings. The molecule has 4 rings (SSSR count). The smallest absolute Gasteiger partial charge is 0.224 e. The van der Waals surface area contributed by atoms with Gasteiger partial charge in [0.1, 0.15) is 5.01 Å². The zero-order valence-electron chi connectivity index (χ0n) is 16.3. The van der Waals surface area contributed by atoms with E-state index in [4.69, 9.17) is 0 Å². The molecule has 0 spiro atoms. The average molecular weight is 400 g/mol. The van der Waals surface area contributed by atoms with Gasteiger partial charge in [0, 0.05) is 43.4 Å². The van der Waals surface area contributed by atoms with Crippen LogP contribution in [-0.2, 0) is 17.9 Å². The third-order valence-corrected chi connectivity index (χ3v) is 6.67. The number of nitrogens with one attached hydrogen (secondary N) is 1. The molecule has 2 saturated heterocycles. The second-order valence-electron chi connectivity index (χ2n) is 7.81. The molecule has 2 aromatic heterocycles. The van der Waals surface area contributed by atoms with Crippen LogP contribution in [0.3, 0.4) is 0 Å². The fourth-order valence-corrected chi connectivity index (χ4v) is 5.00. The van der Waals surface area contributed by atoms with E-state index in [1.807, 2.05) is 24.4 Å². The highest BCUT2D eigenvalue weighted by Gasteiger charge is 2.31. The van der Waals surface area contributed by atoms with Gasteiger partial charge >= 0.3 is 0 Å². The lowest BCUT2D eigenvalue weighted by atomic mass is 9.93. The minimum absolute atomic E-state index is 0.103. The van der Waals surface area contributed by atoms with Crippen molar-refractivity contribution in [2.75, 3.05) is 26.2 Å². The zero-order valence-corrected chi connectivity index (χ0v) is 17.1. The summed E-state index contributed by atoms with van der Waals surface area (Å²) in [5.74, 6) is 0.280. The minimum atomic E-state index is 0.103. The van der Waals surface area contributed by atoms with E-state index >= 15 is 0 Å². The fourth-order valence-electron chi connectivity index (χ4n) is 4.34. The zero-order chi connectivity index (χ0) is 19.2. The first kappa shape index (κ1) is 19.5. The molecule has 0 aromatic carbocycles. The Morgan fingerprint density at radius 2 is 2.04 bits per heavy atom. The standard InChI is InChI=1S/C21H29N5OS/c27-21(24-14-18-5-1-2-8-22-18)17-4-3-10-26(15-17)19-6-11-25(12-7-19)16-20-23-9-13-28-20/h1-2,5,8-9,13,17,19H,3-4,6-7,10-12,14-16H2,(H,24,27). The lowest BCUT2D eigenvalue weighted by molar-refractivity contribution is -0.127. The molecule has 7 heteroatoms. The number of rotatable bonds is 6. The second-order valence-corrected chi connectivity index (χ2v) is 8.79. The molecule has 6 nitrogen and oxygen atoms in total. The van der Waals surface area contributed by atoms with Gasteiger partial charge in [-0.3, -0.25) is 19.6 Å². The van der Waals surface area contributed by atoms with Gasteiger partial charge in [-0.25, -0.2) is 4.98 Å². The van der Waals surface area contributed by atoms with Crippen LogP contribution in [0.1, 0.15) is 36.4 Å². The van der Waals surface area contributed by atoms with E-state index < -0.39 is 0 Å². The molecule has 2 aliphatic heterocycles. The molecule has 1 amide bonds. The molecule has 0 aliphatic carbocycles. The second kappa shape index (κ2) is 9.58. The molecule has 1 N–H and O–H groups in total. The summed E-state index contributed by atoms with van der Waals surface area (Å²) in [5, 5.41) is 6.34. The van der Waals surface area contributed by atoms with Crippen molar-refractivity contribution in [1.29, 1.82) is 0 Å². The molecule has 2 aromatic rings. The average Bonchev–Trinajstić information content (AvgIpc) is 3.26. The van der Waals surface area contributed by atoms with Crippen molar-refractivity contribution in [2.45, 2.75) is 44.8 Å². The normalized spacial score (nSPS) is 22.2. The van der Waals surface area contributed by atoms with Crippen molar-refractivity contribution in [2.24, 2.45) is 5.92 Å². The summed E-state index contributed by atoms with van der Waals surface area (Å²) in [5.41, 5.74) is 0.913. The van der Waals surface area contributed by atoms with Crippen LogP contribution in [0.5, 0.6) is 0 Å². The van der Waals surface area contributed by atoms with Crippen LogP contribution in [-0.4, -0.2) is 57.9 Å². The fraction of sp³-hybridized carbons (Fsp3) is 0.571. The molecule has 0 saturated carbocycles. The van der Waals surface area contributed by atoms with Crippen LogP contribution in [0.15, 0.2) is 36.0 Å². The molecule has 1 unspecified atom stereocenters. The van der Waals surface area contributed by atoms with Crippen LogP contribution in [0, 0.1) is 5.92 Å². The van der Waals surface area contributed by atoms with E-state index in [1.165, 1.54) is 17.8 Å². The van der Waals surface area contributed by atoms with Gasteiger partial charge in [-0.15, -0.1) is 11.3 Å². The quantitative estimate of drug-likeness (QED) is 0.809. The largest absolute Gasteiger partial charge is 0.350 e. The van der Waals surface area contributed by atoms with Crippen LogP contribution >= 0.6 is 11.3 Å². The maximum absolute atomic E-state index is 12.6. The van der Waals surface area contributed by atoms with Gasteiger partial charge in [0.15, 0.2) is 0 Å². The highest BCUT2D eigenvalue weighted by atomic mass is 32.1. The van der Waals surface area contributed by atoms with Crippen LogP contribution in [0.25, 0.3) is 0 Å². The van der Waals surface area contributed by atoms with Crippen molar-refractivity contribution in [3.8, 4) is 0 Å². The summed E-state index contributed by atoms with van der Waals surface area (Å²) >= 11 is 1.74. The number of aromatic nitrogens is 2. The van der Waals surface area contributed by atoms with Gasteiger partial charge in [0.25, 0.3) is 0 Å². The third kappa shape index (κ3) is 5.16. The van der Waals surface area contributed by atoms with Gasteiger partial charge in [0.2, 0.25) is 5.91 Å². The lowest BCUT2D eigenvalue weighted by Crippen LogP contribution is -2.50. The third-order valence-electron chi connectivity index (χ3n) is 5.91. The Balaban J connectivity index is 1.23. The summed E-state index contributed by atoms with van der Waals surface area (Å²) in [6.45, 7) is 5.76. The molecular formula is C21H29N5OS. The van der Waals surface area contributed by atoms with Gasteiger partial charge in [-0.2, -0.15) is 0 Å². The first-order valence-corrected chi connectivity index (χ1v) is 11.2. The molecule has 150 valence electrons. The van der Waals surface area contributed by atoms with Crippen LogP contribution < -0.4 is 5.32 Å². The number of pyridine rings is 1. The van der Waals surface area contributed by atoms with E-state index in [-0.39, 0.29) is 11.8 Å². The number of piperidine rings is 2. The summed E-state index contributed by atoms with van der Waals surface area (Å²) in [4.78, 5) is 26.4. The Morgan fingerprint density at radius 1 is 1.14 bits per heavy atom. The van der Waals surface area contributed by atoms with Crippen LogP contribution in [0.4, 0.5) is 0 Å². The van der Waals surface area contributed by atoms with Crippen molar-refractivity contribution in [1.82, 2.24) is 25.1 Å². The van der Waals surface area contributed by atoms with E-state index in [0.717, 1.165) is 51.3 Å². The Morgan fingerprint density at radius 3 is 2.79 bits per heavy atom. The number of likely N-dealkylation sites (tertiary alicyclic amines) is 2. The predicted molar refractivity (Wildman–Crippen MR) is 111 cm³/mol. The number of amides is 1. The molecular weight excluding hydrogens is 370 g/mol. The molecule has 28 heavy (non-hydrogen) atoms. The summed E-state index contributed by atoms with van der Waals surface area (Å²) in [6.07, 6.45) is 8.14. The van der Waals surface area contributed by atoms with Crippen molar-refractivity contribution < 1.29 is 4.79 Å². The summed E-state index contributed by atoms with van der Waals surface area (Å²) in [7, 11) is 0. The predicted octanol–water partition coefficient (Wildman–Crippen LogP) is 2.53. The van der Waals surface area contributed by atoms with Gasteiger partial charge < -0.3 is 5.32 Å². The van der Waals surface area contributed by atoms with Crippen molar-refractivity contribution >= 4 is 17.2 Å². The molecule has 0 radical (unpaired) electrons. The van der Waals surface area contributed by atoms with Crippen molar-refractivity contribution in [3.05, 3.63) is 46.7 Å². The number of hydrogen-bond donors (Lipinski definition) is 1. The van der Waals surface area contributed by atoms with E-state index in [2.05, 4.69) is 30.5 Å². The number of hydrogen-bond acceptors (Lipinski definition) is 6. The minimum Gasteiger partial charge on any atom is -0.350 e. The lowest BCUT2D eigenvalue weighted by Gasteiger charge is -2.41. The Kier molecular flexibility index (Phi) is 6.67. The van der Waals surface area contributed by atoms with Gasteiger partial charge in [-0.05, 0) is 44.4 Å². The van der Waals surface area contributed by atoms with E-state index in [1.54, 1.807) is 17.5 Å². The highest BCUT2D eigenvalue weighted by molar-refractivity contribution is 7.09. The van der Waals surface area contributed by atoms with E-state index in [0.29, 0.717) is 12.6 Å². The van der Waals surface area contributed by atoms with Crippen molar-refractivity contribution in [3.63, 3.8) is 0 Å².